The lowest BCUT2D eigenvalue weighted by Crippen LogP contribution is -2.62. The maximum absolute atomic E-state index is 13.9. The molecule has 2 N–H and O–H groups in total. The van der Waals surface area contributed by atoms with E-state index in [4.69, 9.17) is 9.47 Å². The van der Waals surface area contributed by atoms with E-state index < -0.39 is 46.3 Å². The van der Waals surface area contributed by atoms with Gasteiger partial charge in [0.2, 0.25) is 5.43 Å². The Bertz CT molecular complexity index is 1220. The highest BCUT2D eigenvalue weighted by Gasteiger charge is 2.41. The fourth-order valence-corrected chi connectivity index (χ4v) is 4.46. The zero-order chi connectivity index (χ0) is 25.4. The fraction of sp³-hybridized carbons (Fsp3) is 0.435. The first-order valence-electron chi connectivity index (χ1n) is 11.0. The molecule has 1 fully saturated rings. The van der Waals surface area contributed by atoms with Gasteiger partial charge in [-0.15, -0.1) is 0 Å². The molecule has 0 spiro atoms. The second-order valence-corrected chi connectivity index (χ2v) is 8.57. The van der Waals surface area contributed by atoms with Crippen molar-refractivity contribution in [3.8, 4) is 5.75 Å². The number of methoxy groups -OCH3 is 2. The Labute approximate surface area is 199 Å². The number of carbonyl (C=O) groups excluding carboxylic acids is 2. The van der Waals surface area contributed by atoms with Gasteiger partial charge in [-0.25, -0.2) is 8.78 Å². The van der Waals surface area contributed by atoms with Crippen LogP contribution in [-0.2, 0) is 16.0 Å². The Hall–Kier alpha value is -3.51. The smallest absolute Gasteiger partial charge is 0.277 e. The Kier molecular flexibility index (Phi) is 6.77. The molecule has 2 bridgehead atoms. The van der Waals surface area contributed by atoms with Crippen molar-refractivity contribution < 1.29 is 33.0 Å². The minimum absolute atomic E-state index is 0.0172. The van der Waals surface area contributed by atoms with Crippen molar-refractivity contribution in [3.05, 3.63) is 63.1 Å². The van der Waals surface area contributed by atoms with E-state index in [2.05, 4.69) is 5.32 Å². The Morgan fingerprint density at radius 1 is 1.20 bits per heavy atom. The quantitative estimate of drug-likeness (QED) is 0.639. The van der Waals surface area contributed by atoms with Crippen LogP contribution in [0, 0.1) is 11.6 Å². The zero-order valence-electron chi connectivity index (χ0n) is 19.5. The SMILES string of the molecule is CO[C@H]1C[C@@H](C)N2CN(C[C@H]1OC)C(=O)c1c(O)c(=O)c(C(=O)NCc3ccc(F)cc3F)cn12. The van der Waals surface area contributed by atoms with Gasteiger partial charge in [0, 0.05) is 44.6 Å². The number of aromatic nitrogens is 1. The van der Waals surface area contributed by atoms with E-state index in [1.165, 1.54) is 28.9 Å². The third kappa shape index (κ3) is 4.46. The predicted molar refractivity (Wildman–Crippen MR) is 120 cm³/mol. The van der Waals surface area contributed by atoms with Crippen molar-refractivity contribution in [3.63, 3.8) is 0 Å². The number of benzene rings is 1. The highest BCUT2D eigenvalue weighted by molar-refractivity contribution is 5.99. The molecule has 12 heteroatoms. The molecule has 10 nitrogen and oxygen atoms in total. The highest BCUT2D eigenvalue weighted by atomic mass is 19.1. The summed E-state index contributed by atoms with van der Waals surface area (Å²) in [6.07, 6.45) is 0.965. The normalized spacial score (nSPS) is 21.9. The van der Waals surface area contributed by atoms with Crippen LogP contribution < -0.4 is 15.8 Å². The van der Waals surface area contributed by atoms with E-state index in [0.29, 0.717) is 12.5 Å². The van der Waals surface area contributed by atoms with Crippen LogP contribution in [0.1, 0.15) is 39.8 Å². The van der Waals surface area contributed by atoms with Gasteiger partial charge in [-0.2, -0.15) is 0 Å². The number of halogens is 2. The lowest BCUT2D eigenvalue weighted by Gasteiger charge is -2.47. The fourth-order valence-electron chi connectivity index (χ4n) is 4.46. The lowest BCUT2D eigenvalue weighted by atomic mass is 10.0. The molecule has 0 aliphatic carbocycles. The molecule has 0 radical (unpaired) electrons. The molecule has 1 aromatic carbocycles. The maximum Gasteiger partial charge on any atom is 0.277 e. The number of rotatable bonds is 5. The van der Waals surface area contributed by atoms with E-state index >= 15 is 0 Å². The van der Waals surface area contributed by atoms with Crippen molar-refractivity contribution in [1.29, 1.82) is 0 Å². The van der Waals surface area contributed by atoms with Gasteiger partial charge in [-0.3, -0.25) is 24.1 Å². The monoisotopic (exact) mass is 492 g/mol. The molecule has 1 aromatic heterocycles. The zero-order valence-corrected chi connectivity index (χ0v) is 19.5. The number of ether oxygens (including phenoxy) is 2. The molecule has 0 unspecified atom stereocenters. The molecular weight excluding hydrogens is 466 g/mol. The molecular formula is C23H26F2N4O6. The number of hydrogen-bond donors (Lipinski definition) is 2. The minimum Gasteiger partial charge on any atom is -0.502 e. The van der Waals surface area contributed by atoms with Crippen molar-refractivity contribution in [1.82, 2.24) is 14.9 Å². The van der Waals surface area contributed by atoms with E-state index in [0.717, 1.165) is 6.07 Å². The standard InChI is InChI=1S/C23H26F2N4O6/c1-12-6-17(34-2)18(35-3)10-27-11-29(12)28-9-15(20(30)21(31)19(28)23(27)33)22(32)26-8-13-4-5-14(24)7-16(13)25/h4-5,7,9,12,17-18,31H,6,8,10-11H2,1-3H3,(H,26,32)/t12-,17+,18-/m1/s1. The first-order chi connectivity index (χ1) is 16.7. The maximum atomic E-state index is 13.9. The van der Waals surface area contributed by atoms with Gasteiger partial charge >= 0.3 is 0 Å². The van der Waals surface area contributed by atoms with Crippen molar-refractivity contribution in [2.24, 2.45) is 0 Å². The average Bonchev–Trinajstić information content (AvgIpc) is 2.82. The van der Waals surface area contributed by atoms with Crippen molar-refractivity contribution >= 4 is 11.8 Å². The molecule has 35 heavy (non-hydrogen) atoms. The Morgan fingerprint density at radius 3 is 2.57 bits per heavy atom. The largest absolute Gasteiger partial charge is 0.502 e. The molecule has 1 saturated heterocycles. The molecule has 2 aliphatic heterocycles. The van der Waals surface area contributed by atoms with Gasteiger partial charge in [0.05, 0.1) is 12.6 Å². The van der Waals surface area contributed by atoms with Gasteiger partial charge in [-0.05, 0) is 19.4 Å². The minimum atomic E-state index is -1.04. The third-order valence-electron chi connectivity index (χ3n) is 6.45. The van der Waals surface area contributed by atoms with Crippen LogP contribution in [0.3, 0.4) is 0 Å². The van der Waals surface area contributed by atoms with Crippen LogP contribution in [0.15, 0.2) is 29.2 Å². The molecule has 0 saturated carbocycles. The topological polar surface area (TPSA) is 113 Å². The summed E-state index contributed by atoms with van der Waals surface area (Å²) in [5.74, 6) is -3.95. The van der Waals surface area contributed by atoms with E-state index in [-0.39, 0.29) is 43.2 Å². The van der Waals surface area contributed by atoms with Gasteiger partial charge in [-0.1, -0.05) is 6.07 Å². The summed E-state index contributed by atoms with van der Waals surface area (Å²) in [5.41, 5.74) is -1.71. The second-order valence-electron chi connectivity index (χ2n) is 8.57. The third-order valence-corrected chi connectivity index (χ3v) is 6.45. The summed E-state index contributed by atoms with van der Waals surface area (Å²) in [7, 11) is 3.07. The predicted octanol–water partition coefficient (Wildman–Crippen LogP) is 0.936. The van der Waals surface area contributed by atoms with Crippen molar-refractivity contribution in [2.75, 3.05) is 32.4 Å². The van der Waals surface area contributed by atoms with Crippen LogP contribution in [-0.4, -0.2) is 72.2 Å². The average molecular weight is 492 g/mol. The Morgan fingerprint density at radius 2 is 1.91 bits per heavy atom. The van der Waals surface area contributed by atoms with E-state index in [1.54, 1.807) is 12.1 Å². The van der Waals surface area contributed by atoms with Crippen LogP contribution in [0.25, 0.3) is 0 Å². The van der Waals surface area contributed by atoms with Gasteiger partial charge in [0.15, 0.2) is 11.4 Å². The van der Waals surface area contributed by atoms with E-state index in [1.807, 2.05) is 6.92 Å². The molecule has 188 valence electrons. The number of amides is 2. The molecule has 2 amide bonds. The summed E-state index contributed by atoms with van der Waals surface area (Å²) in [5, 5.41) is 14.8. The summed E-state index contributed by atoms with van der Waals surface area (Å²) >= 11 is 0. The van der Waals surface area contributed by atoms with Crippen LogP contribution in [0.2, 0.25) is 0 Å². The van der Waals surface area contributed by atoms with Gasteiger partial charge in [0.1, 0.15) is 30.0 Å². The summed E-state index contributed by atoms with van der Waals surface area (Å²) in [6.45, 7) is 1.88. The molecule has 2 aliphatic rings. The second kappa shape index (κ2) is 9.62. The number of aromatic hydroxyl groups is 1. The van der Waals surface area contributed by atoms with Crippen LogP contribution in [0.5, 0.6) is 5.75 Å². The molecule has 3 heterocycles. The molecule has 2 aromatic rings. The first kappa shape index (κ1) is 24.6. The number of nitrogens with one attached hydrogen (secondary N) is 1. The summed E-state index contributed by atoms with van der Waals surface area (Å²) in [6, 6.07) is 2.67. The summed E-state index contributed by atoms with van der Waals surface area (Å²) in [4.78, 5) is 40.3. The number of nitrogens with zero attached hydrogens (tertiary/aromatic N) is 3. The summed E-state index contributed by atoms with van der Waals surface area (Å²) < 4.78 is 39.4. The first-order valence-corrected chi connectivity index (χ1v) is 11.0. The van der Waals surface area contributed by atoms with Crippen LogP contribution >= 0.6 is 0 Å². The number of carbonyl (C=O) groups is 2. The van der Waals surface area contributed by atoms with Gasteiger partial charge < -0.3 is 24.8 Å². The number of pyridine rings is 1. The Balaban J connectivity index is 1.69. The number of hydrogen-bond acceptors (Lipinski definition) is 7. The van der Waals surface area contributed by atoms with E-state index in [9.17, 15) is 28.3 Å². The van der Waals surface area contributed by atoms with Crippen LogP contribution in [0.4, 0.5) is 8.78 Å². The van der Waals surface area contributed by atoms with Gasteiger partial charge in [0.25, 0.3) is 11.8 Å². The lowest BCUT2D eigenvalue weighted by molar-refractivity contribution is -0.0623. The highest BCUT2D eigenvalue weighted by Crippen LogP contribution is 2.27. The number of fused-ring (bicyclic) bond motifs is 4. The molecule has 4 rings (SSSR count). The molecule has 3 atom stereocenters. The van der Waals surface area contributed by atoms with Crippen molar-refractivity contribution in [2.45, 2.75) is 38.1 Å².